The Hall–Kier alpha value is -1.04. The van der Waals surface area contributed by atoms with E-state index in [2.05, 4.69) is 15.9 Å². The number of hydrogen-bond donors (Lipinski definition) is 1. The van der Waals surface area contributed by atoms with E-state index in [-0.39, 0.29) is 6.04 Å². The normalized spacial score (nSPS) is 12.2. The van der Waals surface area contributed by atoms with E-state index in [0.717, 1.165) is 26.4 Å². The molecular formula is C13H14BrNO2S. The van der Waals surface area contributed by atoms with E-state index in [1.165, 1.54) is 0 Å². The summed E-state index contributed by atoms with van der Waals surface area (Å²) in [4.78, 5) is 1.02. The van der Waals surface area contributed by atoms with Crippen LogP contribution in [0.15, 0.2) is 34.1 Å². The third-order valence-electron chi connectivity index (χ3n) is 2.69. The Bertz CT molecular complexity index is 542. The summed E-state index contributed by atoms with van der Waals surface area (Å²) in [6, 6.07) is 7.58. The second kappa shape index (κ2) is 5.73. The molecule has 2 N–H and O–H groups in total. The number of thiophene rings is 1. The van der Waals surface area contributed by atoms with E-state index in [1.54, 1.807) is 25.6 Å². The van der Waals surface area contributed by atoms with Gasteiger partial charge in [-0.2, -0.15) is 0 Å². The predicted octanol–water partition coefficient (Wildman–Crippen LogP) is 3.58. The topological polar surface area (TPSA) is 44.5 Å². The second-order valence-corrected chi connectivity index (χ2v) is 5.53. The standard InChI is InChI=1S/C13H14BrNO2S/c1-16-10-4-3-8(7-9(10)14)12(15)13-11(17-2)5-6-18-13/h3-7,12H,15H2,1-2H3. The fourth-order valence-corrected chi connectivity index (χ4v) is 3.18. The average molecular weight is 328 g/mol. The van der Waals surface area contributed by atoms with Gasteiger partial charge in [0, 0.05) is 0 Å². The third kappa shape index (κ3) is 2.53. The Morgan fingerprint density at radius 3 is 2.50 bits per heavy atom. The van der Waals surface area contributed by atoms with Crippen LogP contribution in [0.25, 0.3) is 0 Å². The summed E-state index contributed by atoms with van der Waals surface area (Å²) in [5.74, 6) is 1.63. The maximum absolute atomic E-state index is 6.27. The molecule has 2 aromatic rings. The van der Waals surface area contributed by atoms with Crippen LogP contribution >= 0.6 is 27.3 Å². The van der Waals surface area contributed by atoms with Crippen molar-refractivity contribution in [1.29, 1.82) is 0 Å². The minimum Gasteiger partial charge on any atom is -0.496 e. The summed E-state index contributed by atoms with van der Waals surface area (Å²) >= 11 is 5.06. The zero-order chi connectivity index (χ0) is 13.1. The number of benzene rings is 1. The van der Waals surface area contributed by atoms with Crippen LogP contribution in [-0.4, -0.2) is 14.2 Å². The van der Waals surface area contributed by atoms with Gasteiger partial charge in [0.1, 0.15) is 11.5 Å². The molecule has 0 aliphatic rings. The number of methoxy groups -OCH3 is 2. The van der Waals surface area contributed by atoms with Crippen LogP contribution in [0.3, 0.4) is 0 Å². The molecule has 0 aliphatic carbocycles. The Morgan fingerprint density at radius 2 is 1.89 bits per heavy atom. The summed E-state index contributed by atoms with van der Waals surface area (Å²) in [5, 5.41) is 1.98. The van der Waals surface area contributed by atoms with Gasteiger partial charge in [-0.1, -0.05) is 6.07 Å². The third-order valence-corrected chi connectivity index (χ3v) is 4.30. The minimum absolute atomic E-state index is 0.192. The van der Waals surface area contributed by atoms with Gasteiger partial charge in [-0.25, -0.2) is 0 Å². The lowest BCUT2D eigenvalue weighted by atomic mass is 10.1. The lowest BCUT2D eigenvalue weighted by Crippen LogP contribution is -2.11. The van der Waals surface area contributed by atoms with Crippen LogP contribution in [0, 0.1) is 0 Å². The molecule has 0 saturated carbocycles. The highest BCUT2D eigenvalue weighted by atomic mass is 79.9. The second-order valence-electron chi connectivity index (χ2n) is 3.72. The molecule has 1 unspecified atom stereocenters. The van der Waals surface area contributed by atoms with Crippen molar-refractivity contribution in [3.05, 3.63) is 44.6 Å². The molecule has 0 radical (unpaired) electrons. The van der Waals surface area contributed by atoms with Crippen LogP contribution in [0.4, 0.5) is 0 Å². The first-order chi connectivity index (χ1) is 8.67. The Labute approximate surface area is 119 Å². The maximum Gasteiger partial charge on any atom is 0.134 e. The highest BCUT2D eigenvalue weighted by Gasteiger charge is 2.16. The number of hydrogen-bond acceptors (Lipinski definition) is 4. The number of nitrogens with two attached hydrogens (primary N) is 1. The molecule has 0 fully saturated rings. The monoisotopic (exact) mass is 327 g/mol. The first-order valence-electron chi connectivity index (χ1n) is 5.37. The van der Waals surface area contributed by atoms with Crippen molar-refractivity contribution < 1.29 is 9.47 Å². The van der Waals surface area contributed by atoms with Crippen LogP contribution in [0.5, 0.6) is 11.5 Å². The lowest BCUT2D eigenvalue weighted by molar-refractivity contribution is 0.410. The first-order valence-corrected chi connectivity index (χ1v) is 7.05. The van der Waals surface area contributed by atoms with E-state index in [0.29, 0.717) is 0 Å². The van der Waals surface area contributed by atoms with E-state index in [1.807, 2.05) is 29.6 Å². The van der Waals surface area contributed by atoms with Crippen molar-refractivity contribution in [2.24, 2.45) is 5.73 Å². The van der Waals surface area contributed by atoms with Gasteiger partial charge in [-0.05, 0) is 45.1 Å². The molecule has 1 aromatic heterocycles. The molecule has 0 aliphatic heterocycles. The Kier molecular flexibility index (Phi) is 4.27. The quantitative estimate of drug-likeness (QED) is 0.933. The predicted molar refractivity (Wildman–Crippen MR) is 77.6 cm³/mol. The SMILES string of the molecule is COc1ccc(C(N)c2sccc2OC)cc1Br. The molecular weight excluding hydrogens is 314 g/mol. The molecule has 1 heterocycles. The van der Waals surface area contributed by atoms with E-state index in [9.17, 15) is 0 Å². The summed E-state index contributed by atoms with van der Waals surface area (Å²) in [6.07, 6.45) is 0. The molecule has 18 heavy (non-hydrogen) atoms. The van der Waals surface area contributed by atoms with Crippen molar-refractivity contribution in [1.82, 2.24) is 0 Å². The molecule has 1 atom stereocenters. The fraction of sp³-hybridized carbons (Fsp3) is 0.231. The number of halogens is 1. The Morgan fingerprint density at radius 1 is 1.17 bits per heavy atom. The van der Waals surface area contributed by atoms with Crippen LogP contribution in [0.2, 0.25) is 0 Å². The van der Waals surface area contributed by atoms with Crippen molar-refractivity contribution in [2.45, 2.75) is 6.04 Å². The molecule has 2 rings (SSSR count). The maximum atomic E-state index is 6.27. The number of rotatable bonds is 4. The van der Waals surface area contributed by atoms with E-state index in [4.69, 9.17) is 15.2 Å². The van der Waals surface area contributed by atoms with Gasteiger partial charge < -0.3 is 15.2 Å². The largest absolute Gasteiger partial charge is 0.496 e. The fourth-order valence-electron chi connectivity index (χ4n) is 1.73. The zero-order valence-corrected chi connectivity index (χ0v) is 12.5. The molecule has 0 bridgehead atoms. The van der Waals surface area contributed by atoms with E-state index < -0.39 is 0 Å². The van der Waals surface area contributed by atoms with Gasteiger partial charge in [0.2, 0.25) is 0 Å². The highest BCUT2D eigenvalue weighted by molar-refractivity contribution is 9.10. The molecule has 0 spiro atoms. The van der Waals surface area contributed by atoms with Crippen LogP contribution < -0.4 is 15.2 Å². The van der Waals surface area contributed by atoms with Gasteiger partial charge in [0.15, 0.2) is 0 Å². The summed E-state index contributed by atoms with van der Waals surface area (Å²) in [7, 11) is 3.30. The molecule has 0 amide bonds. The van der Waals surface area contributed by atoms with Crippen molar-refractivity contribution in [2.75, 3.05) is 14.2 Å². The van der Waals surface area contributed by atoms with Crippen molar-refractivity contribution in [3.8, 4) is 11.5 Å². The average Bonchev–Trinajstić information content (AvgIpc) is 2.86. The molecule has 0 saturated heterocycles. The van der Waals surface area contributed by atoms with Gasteiger partial charge in [-0.3, -0.25) is 0 Å². The zero-order valence-electron chi connectivity index (χ0n) is 10.1. The minimum atomic E-state index is -0.192. The molecule has 96 valence electrons. The first kappa shape index (κ1) is 13.4. The summed E-state index contributed by atoms with van der Waals surface area (Å²) in [5.41, 5.74) is 7.28. The van der Waals surface area contributed by atoms with Gasteiger partial charge in [0.25, 0.3) is 0 Å². The molecule has 1 aromatic carbocycles. The molecule has 3 nitrogen and oxygen atoms in total. The van der Waals surface area contributed by atoms with Gasteiger partial charge in [0.05, 0.1) is 29.6 Å². The lowest BCUT2D eigenvalue weighted by Gasteiger charge is -2.14. The van der Waals surface area contributed by atoms with E-state index >= 15 is 0 Å². The summed E-state index contributed by atoms with van der Waals surface area (Å²) < 4.78 is 11.4. The molecule has 5 heteroatoms. The van der Waals surface area contributed by atoms with Crippen LogP contribution in [0.1, 0.15) is 16.5 Å². The van der Waals surface area contributed by atoms with Gasteiger partial charge in [-0.15, -0.1) is 11.3 Å². The Balaban J connectivity index is 2.34. The number of ether oxygens (including phenoxy) is 2. The van der Waals surface area contributed by atoms with Gasteiger partial charge >= 0.3 is 0 Å². The summed E-state index contributed by atoms with van der Waals surface area (Å²) in [6.45, 7) is 0. The van der Waals surface area contributed by atoms with Crippen molar-refractivity contribution >= 4 is 27.3 Å². The smallest absolute Gasteiger partial charge is 0.134 e. The van der Waals surface area contributed by atoms with Crippen molar-refractivity contribution in [3.63, 3.8) is 0 Å². The van der Waals surface area contributed by atoms with Crippen LogP contribution in [-0.2, 0) is 0 Å². The highest BCUT2D eigenvalue weighted by Crippen LogP contribution is 2.35.